The number of fused-ring (bicyclic) bond motifs is 5. The van der Waals surface area contributed by atoms with Gasteiger partial charge in [0.15, 0.2) is 0 Å². The quantitative estimate of drug-likeness (QED) is 0.0982. The van der Waals surface area contributed by atoms with Gasteiger partial charge in [-0.3, -0.25) is 0 Å². The van der Waals surface area contributed by atoms with Crippen molar-refractivity contribution in [1.29, 1.82) is 0 Å². The van der Waals surface area contributed by atoms with E-state index in [4.69, 9.17) is 23.9 Å². The molecule has 4 heterocycles. The summed E-state index contributed by atoms with van der Waals surface area (Å²) in [6.45, 7) is 3.41. The molecule has 8 rings (SSSR count). The molecule has 3 aliphatic heterocycles. The second kappa shape index (κ2) is 18.1. The number of hydrogen-bond acceptors (Lipinski definition) is 12. The number of benzene rings is 1. The second-order valence-electron chi connectivity index (χ2n) is 16.8. The number of allylic oxidation sites excluding steroid dienone is 2. The maximum atomic E-state index is 15.0. The average Bonchev–Trinajstić information content (AvgIpc) is 4.03. The van der Waals surface area contributed by atoms with Crippen molar-refractivity contribution in [3.05, 3.63) is 54.6 Å². The summed E-state index contributed by atoms with van der Waals surface area (Å²) < 4.78 is 49.8. The molecule has 7 atom stereocenters. The Morgan fingerprint density at radius 3 is 2.54 bits per heavy atom. The molecule has 330 valence electrons. The summed E-state index contributed by atoms with van der Waals surface area (Å²) >= 11 is -1.08. The average molecular weight is 975 g/mol. The number of aromatic nitrogens is 1. The minimum absolute atomic E-state index is 0.0134. The van der Waals surface area contributed by atoms with Crippen molar-refractivity contribution in [2.75, 3.05) is 20.3 Å². The van der Waals surface area contributed by atoms with Crippen LogP contribution in [-0.4, -0.2) is 105 Å². The fourth-order valence-electron chi connectivity index (χ4n) is 9.25. The zero-order valence-electron chi connectivity index (χ0n) is 34.1. The Kier molecular flexibility index (Phi) is 12.8. The van der Waals surface area contributed by atoms with Crippen molar-refractivity contribution in [2.45, 2.75) is 120 Å². The fourth-order valence-corrected chi connectivity index (χ4v) is 13.4. The van der Waals surface area contributed by atoms with Crippen LogP contribution >= 0.6 is 0 Å². The Balaban J connectivity index is 1.17. The van der Waals surface area contributed by atoms with Crippen molar-refractivity contribution in [3.63, 3.8) is 0 Å². The van der Waals surface area contributed by atoms with E-state index in [1.165, 1.54) is 12.0 Å². The number of hydrogen-bond donors (Lipinski definition) is 3. The third-order valence-electron chi connectivity index (χ3n) is 12.7. The monoisotopic (exact) mass is 974 g/mol. The number of nitrogens with one attached hydrogen (secondary N) is 3. The number of alkyl halides is 2. The second-order valence-corrected chi connectivity index (χ2v) is 22.4. The van der Waals surface area contributed by atoms with E-state index in [9.17, 15) is 32.4 Å². The number of esters is 1. The summed E-state index contributed by atoms with van der Waals surface area (Å²) in [5, 5.41) is 5.83. The van der Waals surface area contributed by atoms with Crippen LogP contribution in [0.5, 0.6) is 11.6 Å². The molecule has 2 bridgehead atoms. The van der Waals surface area contributed by atoms with Crippen molar-refractivity contribution in [3.8, 4) is 11.6 Å². The molecular formula is C43H53IN5O11S-. The summed E-state index contributed by atoms with van der Waals surface area (Å²) in [5.41, 5.74) is 1.10. The van der Waals surface area contributed by atoms with E-state index >= 15 is 0 Å². The van der Waals surface area contributed by atoms with Gasteiger partial charge >= 0.3 is 319 Å². The normalized spacial score (nSPS) is 30.1. The zero-order valence-corrected chi connectivity index (χ0v) is 37.1. The van der Waals surface area contributed by atoms with E-state index < -0.39 is 91.9 Å². The molecule has 5 fully saturated rings. The first kappa shape index (κ1) is 43.2. The molecule has 3 N–H and O–H groups in total. The molecule has 4 amide bonds. The van der Waals surface area contributed by atoms with Crippen LogP contribution < -0.4 is 46.0 Å². The molecule has 1 aromatic carbocycles. The van der Waals surface area contributed by atoms with Crippen molar-refractivity contribution in [1.82, 2.24) is 25.2 Å². The van der Waals surface area contributed by atoms with Crippen LogP contribution in [0, 0.1) is 11.8 Å². The molecule has 3 saturated carbocycles. The predicted molar refractivity (Wildman–Crippen MR) is 217 cm³/mol. The molecule has 18 heteroatoms. The first-order chi connectivity index (χ1) is 29.4. The topological polar surface area (TPSA) is 209 Å². The first-order valence-electron chi connectivity index (χ1n) is 21.3. The number of ether oxygens (including phenoxy) is 4. The molecule has 1 aromatic heterocycles. The molecule has 2 saturated heterocycles. The standard InChI is InChI=1S/C43H53IN5O11S/c1-3-34-43(44-34,41(53)48-61(55,56)28-20-21-28)47-38(51)32-22-27-23-49(32)40(52)36(26-13-7-8-14-26)46-42(54)60-33-19-11-15-25(33)12-5-4-6-17-30-37(58-24-35(50)57-2)29-16-9-10-18-31(29)45-39(30)59-27/h3-4,6,9-10,16,18,25-28,32-34,36H,1,5,7-8,11-15,17,19-24H2,2H3,(H,46,54)(H,47,51)(H,48,53)/q-1/b6-4+/t25-,27-,32+,33-,34+,36+,43-/m1/s1. The van der Waals surface area contributed by atoms with E-state index in [0.717, 1.165) is 44.9 Å². The molecule has 0 radical (unpaired) electrons. The van der Waals surface area contributed by atoms with Gasteiger partial charge < -0.3 is 4.74 Å². The van der Waals surface area contributed by atoms with Crippen LogP contribution in [0.4, 0.5) is 4.79 Å². The van der Waals surface area contributed by atoms with Gasteiger partial charge in [0.1, 0.15) is 0 Å². The van der Waals surface area contributed by atoms with Gasteiger partial charge in [0, 0.05) is 0 Å². The maximum absolute atomic E-state index is 15.0. The third-order valence-corrected chi connectivity index (χ3v) is 18.4. The number of methoxy groups -OCH3 is 1. The summed E-state index contributed by atoms with van der Waals surface area (Å²) in [6, 6.07) is 5.14. The number of pyridine rings is 1. The van der Waals surface area contributed by atoms with E-state index in [-0.39, 0.29) is 43.4 Å². The molecule has 61 heavy (non-hydrogen) atoms. The zero-order chi connectivity index (χ0) is 42.9. The number of alkyl carbamates (subject to hydrolysis) is 1. The molecule has 0 unspecified atom stereocenters. The van der Waals surface area contributed by atoms with E-state index in [1.54, 1.807) is 12.1 Å². The third kappa shape index (κ3) is 9.34. The van der Waals surface area contributed by atoms with Crippen LogP contribution in [0.2, 0.25) is 0 Å². The fraction of sp³-hybridized carbons (Fsp3) is 0.581. The van der Waals surface area contributed by atoms with Crippen LogP contribution in [0.25, 0.3) is 10.9 Å². The molecule has 2 aromatic rings. The van der Waals surface area contributed by atoms with Crippen molar-refractivity contribution >= 4 is 50.7 Å². The SMILES string of the molecule is C=C[C@@H]1[I-][C@]1(NC(=O)[C@@H]1C[C@@H]2CN1C(=O)[C@H](C1CCCC1)NC(=O)O[C@@H]1CCC[C@H]1CC/C=C/Cc1c(nc3ccccc3c1OCC(=O)OC)O2)C(=O)NS(=O)(=O)C1CC1. The van der Waals surface area contributed by atoms with Crippen LogP contribution in [0.1, 0.15) is 82.6 Å². The summed E-state index contributed by atoms with van der Waals surface area (Å²) in [5.74, 6) is -1.97. The number of carbonyl (C=O) groups excluding carboxylic acids is 5. The summed E-state index contributed by atoms with van der Waals surface area (Å²) in [6.07, 6.45) is 12.2. The number of sulfonamides is 1. The van der Waals surface area contributed by atoms with Gasteiger partial charge in [0.25, 0.3) is 0 Å². The molecule has 3 aliphatic carbocycles. The Labute approximate surface area is 365 Å². The molecule has 16 nitrogen and oxygen atoms in total. The van der Waals surface area contributed by atoms with Crippen molar-refractivity contribution < 1.29 is 72.5 Å². The van der Waals surface area contributed by atoms with Gasteiger partial charge in [-0.2, -0.15) is 0 Å². The number of para-hydroxylation sites is 1. The number of rotatable bonds is 10. The van der Waals surface area contributed by atoms with Crippen LogP contribution in [-0.2, 0) is 45.1 Å². The van der Waals surface area contributed by atoms with Gasteiger partial charge in [-0.1, -0.05) is 6.07 Å². The molecule has 0 spiro atoms. The Morgan fingerprint density at radius 2 is 1.80 bits per heavy atom. The number of nitrogens with zero attached hydrogens (tertiary/aromatic N) is 2. The van der Waals surface area contributed by atoms with Gasteiger partial charge in [0.2, 0.25) is 0 Å². The number of carbonyl (C=O) groups is 5. The predicted octanol–water partition coefficient (Wildman–Crippen LogP) is 0.559. The number of halogens is 1. The Morgan fingerprint density at radius 1 is 1.03 bits per heavy atom. The van der Waals surface area contributed by atoms with E-state index in [0.29, 0.717) is 54.3 Å². The summed E-state index contributed by atoms with van der Waals surface area (Å²) in [4.78, 5) is 75.7. The van der Waals surface area contributed by atoms with Crippen molar-refractivity contribution in [2.24, 2.45) is 11.8 Å². The van der Waals surface area contributed by atoms with Gasteiger partial charge in [0.05, 0.1) is 7.11 Å². The summed E-state index contributed by atoms with van der Waals surface area (Å²) in [7, 11) is -2.64. The van der Waals surface area contributed by atoms with E-state index in [2.05, 4.69) is 28.0 Å². The van der Waals surface area contributed by atoms with Gasteiger partial charge in [-0.15, -0.1) is 0 Å². The first-order valence-corrected chi connectivity index (χ1v) is 25.1. The van der Waals surface area contributed by atoms with Crippen LogP contribution in [0.15, 0.2) is 49.1 Å². The van der Waals surface area contributed by atoms with Gasteiger partial charge in [-0.25, -0.2) is 4.79 Å². The Bertz CT molecular complexity index is 2210. The molecular weight excluding hydrogens is 921 g/mol. The van der Waals surface area contributed by atoms with Crippen LogP contribution in [0.3, 0.4) is 0 Å². The van der Waals surface area contributed by atoms with E-state index in [1.807, 2.05) is 24.3 Å². The van der Waals surface area contributed by atoms with Gasteiger partial charge in [-0.05, 0) is 25.7 Å². The molecule has 6 aliphatic rings. The Hall–Kier alpha value is -4.46. The minimum atomic E-state index is -3.92. The number of amides is 4.